The molecule has 0 aliphatic carbocycles. The smallest absolute Gasteiger partial charge is 0.273 e. The summed E-state index contributed by atoms with van der Waals surface area (Å²) >= 11 is 0. The van der Waals surface area contributed by atoms with Gasteiger partial charge in [0.05, 0.1) is 11.0 Å². The maximum absolute atomic E-state index is 10.8. The standard InChI is InChI=1S/C15H17N3O3/c1-3-9-16-14-5-4-6-15(17-14)21-13-10-12(18(19)20)8-7-11(13)2/h4-8,10H,3,9H2,1-2H3,(H,16,17). The predicted molar refractivity (Wildman–Crippen MR) is 80.9 cm³/mol. The normalized spacial score (nSPS) is 10.2. The number of non-ortho nitro benzene ring substituents is 1. The minimum atomic E-state index is -0.445. The molecule has 0 saturated carbocycles. The number of hydrogen-bond donors (Lipinski definition) is 1. The van der Waals surface area contributed by atoms with Gasteiger partial charge in [-0.15, -0.1) is 0 Å². The van der Waals surface area contributed by atoms with E-state index >= 15 is 0 Å². The molecular formula is C15H17N3O3. The van der Waals surface area contributed by atoms with E-state index in [0.717, 1.165) is 24.3 Å². The van der Waals surface area contributed by atoms with Crippen molar-refractivity contribution in [3.8, 4) is 11.6 Å². The fourth-order valence-electron chi connectivity index (χ4n) is 1.75. The first-order chi connectivity index (χ1) is 10.1. The van der Waals surface area contributed by atoms with Crippen molar-refractivity contribution in [3.63, 3.8) is 0 Å². The maximum Gasteiger partial charge on any atom is 0.273 e. The van der Waals surface area contributed by atoms with Crippen molar-refractivity contribution >= 4 is 11.5 Å². The fraction of sp³-hybridized carbons (Fsp3) is 0.267. The minimum Gasteiger partial charge on any atom is -0.438 e. The number of nitro benzene ring substituents is 1. The molecule has 0 fully saturated rings. The summed E-state index contributed by atoms with van der Waals surface area (Å²) in [6.07, 6.45) is 0.997. The Hall–Kier alpha value is -2.63. The van der Waals surface area contributed by atoms with Crippen molar-refractivity contribution in [2.75, 3.05) is 11.9 Å². The summed E-state index contributed by atoms with van der Waals surface area (Å²) in [5, 5.41) is 14.0. The Balaban J connectivity index is 2.21. The van der Waals surface area contributed by atoms with Gasteiger partial charge in [0.2, 0.25) is 5.88 Å². The van der Waals surface area contributed by atoms with E-state index in [0.29, 0.717) is 11.6 Å². The third-order valence-electron chi connectivity index (χ3n) is 2.88. The van der Waals surface area contributed by atoms with Crippen LogP contribution in [0, 0.1) is 17.0 Å². The van der Waals surface area contributed by atoms with Crippen LogP contribution in [0.15, 0.2) is 36.4 Å². The molecule has 0 unspecified atom stereocenters. The Labute approximate surface area is 122 Å². The Kier molecular flexibility index (Phi) is 4.71. The van der Waals surface area contributed by atoms with Gasteiger partial charge in [-0.3, -0.25) is 10.1 Å². The van der Waals surface area contributed by atoms with E-state index in [1.165, 1.54) is 12.1 Å². The van der Waals surface area contributed by atoms with Crippen molar-refractivity contribution in [2.45, 2.75) is 20.3 Å². The second kappa shape index (κ2) is 6.69. The zero-order chi connectivity index (χ0) is 15.2. The second-order valence-electron chi connectivity index (χ2n) is 4.60. The van der Waals surface area contributed by atoms with E-state index in [1.54, 1.807) is 12.1 Å². The van der Waals surface area contributed by atoms with Gasteiger partial charge in [0, 0.05) is 18.7 Å². The molecule has 0 aliphatic rings. The number of anilines is 1. The van der Waals surface area contributed by atoms with E-state index in [9.17, 15) is 10.1 Å². The van der Waals surface area contributed by atoms with Gasteiger partial charge in [0.15, 0.2) is 0 Å². The second-order valence-corrected chi connectivity index (χ2v) is 4.60. The molecule has 2 aromatic rings. The zero-order valence-corrected chi connectivity index (χ0v) is 12.0. The average molecular weight is 287 g/mol. The number of nitrogens with one attached hydrogen (secondary N) is 1. The van der Waals surface area contributed by atoms with Crippen LogP contribution in [0.2, 0.25) is 0 Å². The fourth-order valence-corrected chi connectivity index (χ4v) is 1.75. The van der Waals surface area contributed by atoms with Crippen LogP contribution in [-0.2, 0) is 0 Å². The molecule has 0 aliphatic heterocycles. The number of rotatable bonds is 6. The van der Waals surface area contributed by atoms with Crippen molar-refractivity contribution < 1.29 is 9.66 Å². The highest BCUT2D eigenvalue weighted by Gasteiger charge is 2.11. The number of nitro groups is 1. The number of ether oxygens (including phenoxy) is 1. The van der Waals surface area contributed by atoms with Gasteiger partial charge in [-0.1, -0.05) is 13.0 Å². The van der Waals surface area contributed by atoms with E-state index in [2.05, 4.69) is 17.2 Å². The monoisotopic (exact) mass is 287 g/mol. The molecule has 0 saturated heterocycles. The molecule has 1 heterocycles. The van der Waals surface area contributed by atoms with E-state index < -0.39 is 4.92 Å². The van der Waals surface area contributed by atoms with E-state index in [-0.39, 0.29) is 5.69 Å². The molecule has 21 heavy (non-hydrogen) atoms. The van der Waals surface area contributed by atoms with E-state index in [1.807, 2.05) is 19.1 Å². The molecular weight excluding hydrogens is 270 g/mol. The van der Waals surface area contributed by atoms with Crippen LogP contribution < -0.4 is 10.1 Å². The zero-order valence-electron chi connectivity index (χ0n) is 12.0. The summed E-state index contributed by atoms with van der Waals surface area (Å²) in [5.41, 5.74) is 0.810. The van der Waals surface area contributed by atoms with Gasteiger partial charge in [-0.25, -0.2) is 0 Å². The summed E-state index contributed by atoms with van der Waals surface area (Å²) in [5.74, 6) is 1.56. The largest absolute Gasteiger partial charge is 0.438 e. The van der Waals surface area contributed by atoms with Crippen molar-refractivity contribution in [3.05, 3.63) is 52.1 Å². The van der Waals surface area contributed by atoms with Gasteiger partial charge in [0.1, 0.15) is 11.6 Å². The lowest BCUT2D eigenvalue weighted by molar-refractivity contribution is -0.384. The third-order valence-corrected chi connectivity index (χ3v) is 2.88. The van der Waals surface area contributed by atoms with Crippen LogP contribution in [0.1, 0.15) is 18.9 Å². The lowest BCUT2D eigenvalue weighted by Crippen LogP contribution is -2.02. The topological polar surface area (TPSA) is 77.3 Å². The Bertz CT molecular complexity index is 644. The molecule has 110 valence electrons. The van der Waals surface area contributed by atoms with Crippen LogP contribution >= 0.6 is 0 Å². The Morgan fingerprint density at radius 3 is 2.86 bits per heavy atom. The van der Waals surface area contributed by atoms with Crippen LogP contribution in [0.3, 0.4) is 0 Å². The quantitative estimate of drug-likeness (QED) is 0.643. The molecule has 0 radical (unpaired) electrons. The summed E-state index contributed by atoms with van der Waals surface area (Å²) in [6, 6.07) is 9.91. The molecule has 1 aromatic carbocycles. The number of aryl methyl sites for hydroxylation is 1. The van der Waals surface area contributed by atoms with Crippen molar-refractivity contribution in [1.82, 2.24) is 4.98 Å². The van der Waals surface area contributed by atoms with Gasteiger partial charge in [0.25, 0.3) is 5.69 Å². The molecule has 0 spiro atoms. The Morgan fingerprint density at radius 1 is 1.33 bits per heavy atom. The van der Waals surface area contributed by atoms with Crippen molar-refractivity contribution in [2.24, 2.45) is 0 Å². The molecule has 0 amide bonds. The summed E-state index contributed by atoms with van der Waals surface area (Å²) in [4.78, 5) is 14.7. The number of benzene rings is 1. The molecule has 6 nitrogen and oxygen atoms in total. The SMILES string of the molecule is CCCNc1cccc(Oc2cc([N+](=O)[O-])ccc2C)n1. The van der Waals surface area contributed by atoms with Crippen LogP contribution in [0.25, 0.3) is 0 Å². The molecule has 1 aromatic heterocycles. The Morgan fingerprint density at radius 2 is 2.14 bits per heavy atom. The minimum absolute atomic E-state index is 0.00383. The number of hydrogen-bond acceptors (Lipinski definition) is 5. The number of pyridine rings is 1. The summed E-state index contributed by atoms with van der Waals surface area (Å²) in [6.45, 7) is 4.73. The highest BCUT2D eigenvalue weighted by atomic mass is 16.6. The highest BCUT2D eigenvalue weighted by molar-refractivity contribution is 5.46. The lowest BCUT2D eigenvalue weighted by Gasteiger charge is -2.09. The number of aromatic nitrogens is 1. The highest BCUT2D eigenvalue weighted by Crippen LogP contribution is 2.28. The summed E-state index contributed by atoms with van der Waals surface area (Å²) < 4.78 is 5.67. The van der Waals surface area contributed by atoms with Gasteiger partial charge < -0.3 is 10.1 Å². The molecule has 0 bridgehead atoms. The maximum atomic E-state index is 10.8. The average Bonchev–Trinajstić information content (AvgIpc) is 2.47. The first-order valence-electron chi connectivity index (χ1n) is 6.74. The number of nitrogens with zero attached hydrogens (tertiary/aromatic N) is 2. The van der Waals surface area contributed by atoms with Crippen LogP contribution in [0.4, 0.5) is 11.5 Å². The molecule has 1 N–H and O–H groups in total. The van der Waals surface area contributed by atoms with Gasteiger partial charge in [-0.2, -0.15) is 4.98 Å². The predicted octanol–water partition coefficient (Wildman–Crippen LogP) is 3.91. The van der Waals surface area contributed by atoms with Crippen LogP contribution in [0.5, 0.6) is 11.6 Å². The lowest BCUT2D eigenvalue weighted by atomic mass is 10.2. The van der Waals surface area contributed by atoms with E-state index in [4.69, 9.17) is 4.74 Å². The molecule has 2 rings (SSSR count). The van der Waals surface area contributed by atoms with Gasteiger partial charge >= 0.3 is 0 Å². The molecule has 0 atom stereocenters. The van der Waals surface area contributed by atoms with Gasteiger partial charge in [-0.05, 0) is 31.0 Å². The first-order valence-corrected chi connectivity index (χ1v) is 6.74. The summed E-state index contributed by atoms with van der Waals surface area (Å²) in [7, 11) is 0. The first kappa shape index (κ1) is 14.8. The third kappa shape index (κ3) is 3.92. The molecule has 6 heteroatoms. The van der Waals surface area contributed by atoms with Crippen molar-refractivity contribution in [1.29, 1.82) is 0 Å². The van der Waals surface area contributed by atoms with Crippen LogP contribution in [-0.4, -0.2) is 16.5 Å².